The largest absolute Gasteiger partial charge is 1.00 e. The van der Waals surface area contributed by atoms with Crippen molar-refractivity contribution in [3.05, 3.63) is 0 Å². The van der Waals surface area contributed by atoms with Crippen molar-refractivity contribution in [2.45, 2.75) is 20.3 Å². The zero-order valence-electron chi connectivity index (χ0n) is 6.72. The van der Waals surface area contributed by atoms with E-state index in [0.717, 1.165) is 12.2 Å². The first kappa shape index (κ1) is 13.8. The molecule has 0 N–H and O–H groups in total. The molecule has 0 aromatic rings. The van der Waals surface area contributed by atoms with Crippen LogP contribution < -0.4 is 34.7 Å². The molecule has 0 aromatic heterocycles. The van der Waals surface area contributed by atoms with E-state index in [1.165, 1.54) is 11.8 Å². The van der Waals surface area contributed by atoms with Crippen molar-refractivity contribution in [1.82, 2.24) is 0 Å². The van der Waals surface area contributed by atoms with E-state index in [1.54, 1.807) is 0 Å². The second-order valence-corrected chi connectivity index (χ2v) is 3.98. The number of thioether (sulfide) groups is 1. The van der Waals surface area contributed by atoms with Gasteiger partial charge in [0.1, 0.15) is 0 Å². The van der Waals surface area contributed by atoms with Crippen LogP contribution in [-0.4, -0.2) is 10.1 Å². The van der Waals surface area contributed by atoms with Gasteiger partial charge in [-0.2, -0.15) is 0 Å². The first-order chi connectivity index (χ1) is 4.13. The molecular weight excluding hydrogens is 175 g/mol. The van der Waals surface area contributed by atoms with Gasteiger partial charge in [-0.1, -0.05) is 26.1 Å². The van der Waals surface area contributed by atoms with E-state index < -0.39 is 0 Å². The van der Waals surface area contributed by atoms with Crippen LogP contribution >= 0.6 is 24.0 Å². The van der Waals surface area contributed by atoms with Crippen molar-refractivity contribution in [2.24, 2.45) is 5.92 Å². The molecule has 54 valence electrons. The van der Waals surface area contributed by atoms with Gasteiger partial charge in [0, 0.05) is 0 Å². The third-order valence-corrected chi connectivity index (χ3v) is 1.94. The quantitative estimate of drug-likeness (QED) is 0.392. The predicted molar refractivity (Wildman–Crippen MR) is 44.5 cm³/mol. The molecule has 0 spiro atoms. The Bertz CT molecular complexity index is 95.7. The Kier molecular flexibility index (Phi) is 11.5. The second-order valence-electron chi connectivity index (χ2n) is 2.28. The van der Waals surface area contributed by atoms with Gasteiger partial charge in [-0.05, 0) is 22.5 Å². The standard InChI is InChI=1S/C6H12OS2.Na/c1-5(2)3-4-9-6(7)8;/h5H,3-4H2,1-2H3,(H,7,8);/q;+1/p-1. The van der Waals surface area contributed by atoms with Crippen molar-refractivity contribution in [1.29, 1.82) is 0 Å². The summed E-state index contributed by atoms with van der Waals surface area (Å²) in [5.74, 6) is 1.55. The third kappa shape index (κ3) is 12.0. The molecule has 10 heavy (non-hydrogen) atoms. The van der Waals surface area contributed by atoms with E-state index >= 15 is 0 Å². The Labute approximate surface area is 94.3 Å². The smallest absolute Gasteiger partial charge is 0.860 e. The van der Waals surface area contributed by atoms with Crippen LogP contribution in [0.1, 0.15) is 20.3 Å². The maximum atomic E-state index is 10.2. The molecule has 0 radical (unpaired) electrons. The van der Waals surface area contributed by atoms with Gasteiger partial charge in [0.2, 0.25) is 0 Å². The molecule has 0 aliphatic rings. The summed E-state index contributed by atoms with van der Waals surface area (Å²) < 4.78 is -0.185. The van der Waals surface area contributed by atoms with Crippen molar-refractivity contribution < 1.29 is 34.7 Å². The van der Waals surface area contributed by atoms with Crippen LogP contribution in [-0.2, 0) is 0 Å². The summed E-state index contributed by atoms with van der Waals surface area (Å²) in [6, 6.07) is 0. The van der Waals surface area contributed by atoms with E-state index in [2.05, 4.69) is 26.1 Å². The van der Waals surface area contributed by atoms with Gasteiger partial charge in [0.25, 0.3) is 0 Å². The maximum Gasteiger partial charge on any atom is 1.00 e. The molecule has 1 nitrogen and oxygen atoms in total. The number of rotatable bonds is 3. The Balaban J connectivity index is 0. The van der Waals surface area contributed by atoms with Gasteiger partial charge in [-0.25, -0.2) is 0 Å². The summed E-state index contributed by atoms with van der Waals surface area (Å²) in [5.41, 5.74) is 0. The Morgan fingerprint density at radius 1 is 1.60 bits per heavy atom. The summed E-state index contributed by atoms with van der Waals surface area (Å²) in [5, 5.41) is 10.2. The van der Waals surface area contributed by atoms with Gasteiger partial charge in [0.15, 0.2) is 0 Å². The minimum absolute atomic E-state index is 0. The van der Waals surface area contributed by atoms with E-state index in [-0.39, 0.29) is 33.9 Å². The Morgan fingerprint density at radius 2 is 2.10 bits per heavy atom. The minimum atomic E-state index is -0.185. The number of hydrogen-bond acceptors (Lipinski definition) is 3. The Hall–Kier alpha value is 1.24. The van der Waals surface area contributed by atoms with E-state index in [0.29, 0.717) is 5.92 Å². The van der Waals surface area contributed by atoms with E-state index in [1.807, 2.05) is 0 Å². The van der Waals surface area contributed by atoms with E-state index in [4.69, 9.17) is 0 Å². The molecule has 0 atom stereocenters. The molecule has 0 aliphatic heterocycles. The fourth-order valence-corrected chi connectivity index (χ4v) is 1.38. The number of thiocarbonyl (C=S) groups is 1. The molecule has 0 amide bonds. The Morgan fingerprint density at radius 3 is 2.40 bits per heavy atom. The van der Waals surface area contributed by atoms with Crippen LogP contribution in [0.2, 0.25) is 0 Å². The SMILES string of the molecule is CC(C)CCSC([O-])=S.[Na+]. The van der Waals surface area contributed by atoms with Crippen LogP contribution in [0.15, 0.2) is 0 Å². The molecule has 0 unspecified atom stereocenters. The van der Waals surface area contributed by atoms with Crippen LogP contribution in [0.25, 0.3) is 0 Å². The van der Waals surface area contributed by atoms with Crippen molar-refractivity contribution in [2.75, 3.05) is 5.75 Å². The van der Waals surface area contributed by atoms with Crippen LogP contribution in [0.3, 0.4) is 0 Å². The molecule has 0 bridgehead atoms. The zero-order chi connectivity index (χ0) is 7.28. The van der Waals surface area contributed by atoms with Gasteiger partial charge < -0.3 is 5.11 Å². The molecular formula is C6H11NaOS2. The van der Waals surface area contributed by atoms with Gasteiger partial charge >= 0.3 is 29.6 Å². The normalized spacial score (nSPS) is 9.10. The third-order valence-electron chi connectivity index (χ3n) is 0.915. The topological polar surface area (TPSA) is 23.1 Å². The summed E-state index contributed by atoms with van der Waals surface area (Å²) in [7, 11) is 0. The minimum Gasteiger partial charge on any atom is -0.860 e. The van der Waals surface area contributed by atoms with Gasteiger partial charge in [-0.15, -0.1) is 11.8 Å². The maximum absolute atomic E-state index is 10.2. The van der Waals surface area contributed by atoms with Crippen LogP contribution in [0.4, 0.5) is 0 Å². The molecule has 0 saturated heterocycles. The van der Waals surface area contributed by atoms with Gasteiger partial charge in [0.05, 0.1) is 0 Å². The molecule has 0 saturated carbocycles. The van der Waals surface area contributed by atoms with Crippen molar-refractivity contribution in [3.8, 4) is 0 Å². The van der Waals surface area contributed by atoms with Crippen molar-refractivity contribution >= 4 is 28.4 Å². The molecule has 0 heterocycles. The average Bonchev–Trinajstić information content (AvgIpc) is 1.63. The number of hydrogen-bond donors (Lipinski definition) is 0. The molecule has 4 heteroatoms. The van der Waals surface area contributed by atoms with Crippen LogP contribution in [0.5, 0.6) is 0 Å². The summed E-state index contributed by atoms with van der Waals surface area (Å²) in [4.78, 5) is 0. The molecule has 0 aliphatic carbocycles. The molecule has 0 aromatic carbocycles. The average molecular weight is 186 g/mol. The zero-order valence-corrected chi connectivity index (χ0v) is 10.3. The van der Waals surface area contributed by atoms with Crippen molar-refractivity contribution in [3.63, 3.8) is 0 Å². The van der Waals surface area contributed by atoms with Gasteiger partial charge in [-0.3, -0.25) is 0 Å². The molecule has 0 fully saturated rings. The molecule has 0 rings (SSSR count). The van der Waals surface area contributed by atoms with E-state index in [9.17, 15) is 5.11 Å². The fourth-order valence-electron chi connectivity index (χ4n) is 0.378. The first-order valence-corrected chi connectivity index (χ1v) is 4.36. The fraction of sp³-hybridized carbons (Fsp3) is 0.833. The summed E-state index contributed by atoms with van der Waals surface area (Å²) >= 11 is 5.59. The summed E-state index contributed by atoms with van der Waals surface area (Å²) in [6.45, 7) is 4.27. The predicted octanol–water partition coefficient (Wildman–Crippen LogP) is -1.59. The van der Waals surface area contributed by atoms with Crippen LogP contribution in [0, 0.1) is 5.92 Å². The summed E-state index contributed by atoms with van der Waals surface area (Å²) in [6.07, 6.45) is 1.08. The first-order valence-electron chi connectivity index (χ1n) is 2.96. The monoisotopic (exact) mass is 186 g/mol. The second kappa shape index (κ2) is 8.34.